The molecule has 1 fully saturated rings. The molecule has 2 heterocycles. The standard InChI is InChI=1S/C23H25N7O2S/c1-3-12-28-13-15-29(16-14-28)19-10-8-18(9-11-19)24-22(31)17-33-23-25-26-27-30(23)20-6-4-5-7-21(20)32-2/h1,4-11H,12-17H2,2H3,(H,24,31). The van der Waals surface area contributed by atoms with Gasteiger partial charge >= 0.3 is 0 Å². The van der Waals surface area contributed by atoms with Crippen LogP contribution in [0.5, 0.6) is 5.75 Å². The number of carbonyl (C=O) groups excluding carboxylic acids is 1. The molecular formula is C23H25N7O2S. The Hall–Kier alpha value is -3.55. The number of aromatic nitrogens is 4. The van der Waals surface area contributed by atoms with Crippen LogP contribution in [-0.2, 0) is 4.79 Å². The number of nitrogens with zero attached hydrogens (tertiary/aromatic N) is 6. The molecule has 3 aromatic rings. The second kappa shape index (κ2) is 10.8. The Bertz CT molecular complexity index is 1120. The molecule has 0 unspecified atom stereocenters. The fourth-order valence-corrected chi connectivity index (χ4v) is 4.28. The van der Waals surface area contributed by atoms with E-state index in [1.807, 2.05) is 48.5 Å². The molecule has 9 nitrogen and oxygen atoms in total. The van der Waals surface area contributed by atoms with Crippen LogP contribution in [-0.4, -0.2) is 76.6 Å². The quantitative estimate of drug-likeness (QED) is 0.402. The molecule has 2 aromatic carbocycles. The van der Waals surface area contributed by atoms with Crippen molar-refractivity contribution >= 4 is 29.0 Å². The Labute approximate surface area is 197 Å². The molecule has 1 N–H and O–H groups in total. The van der Waals surface area contributed by atoms with Crippen molar-refractivity contribution in [1.29, 1.82) is 0 Å². The number of hydrogen-bond acceptors (Lipinski definition) is 8. The van der Waals surface area contributed by atoms with Crippen molar-refractivity contribution in [1.82, 2.24) is 25.1 Å². The van der Waals surface area contributed by atoms with E-state index >= 15 is 0 Å². The number of ether oxygens (including phenoxy) is 1. The highest BCUT2D eigenvalue weighted by Crippen LogP contribution is 2.26. The largest absolute Gasteiger partial charge is 0.494 e. The van der Waals surface area contributed by atoms with Gasteiger partial charge in [-0.25, -0.2) is 0 Å². The maximum Gasteiger partial charge on any atom is 0.234 e. The van der Waals surface area contributed by atoms with Crippen molar-refractivity contribution in [2.24, 2.45) is 0 Å². The van der Waals surface area contributed by atoms with Gasteiger partial charge in [0.2, 0.25) is 11.1 Å². The molecule has 33 heavy (non-hydrogen) atoms. The van der Waals surface area contributed by atoms with E-state index in [2.05, 4.69) is 36.6 Å². The van der Waals surface area contributed by atoms with Gasteiger partial charge in [0.05, 0.1) is 19.4 Å². The van der Waals surface area contributed by atoms with Crippen LogP contribution in [0.2, 0.25) is 0 Å². The highest BCUT2D eigenvalue weighted by Gasteiger charge is 2.17. The number of rotatable bonds is 8. The maximum atomic E-state index is 12.5. The topological polar surface area (TPSA) is 88.4 Å². The van der Waals surface area contributed by atoms with Crippen molar-refractivity contribution < 1.29 is 9.53 Å². The Morgan fingerprint density at radius 3 is 2.64 bits per heavy atom. The number of thioether (sulfide) groups is 1. The van der Waals surface area contributed by atoms with Gasteiger partial charge in [0.25, 0.3) is 0 Å². The third kappa shape index (κ3) is 5.63. The van der Waals surface area contributed by atoms with Crippen LogP contribution in [0.25, 0.3) is 5.69 Å². The lowest BCUT2D eigenvalue weighted by atomic mass is 10.2. The molecule has 0 atom stereocenters. The van der Waals surface area contributed by atoms with Crippen molar-refractivity contribution in [2.75, 3.05) is 55.8 Å². The lowest BCUT2D eigenvalue weighted by Gasteiger charge is -2.35. The van der Waals surface area contributed by atoms with Crippen LogP contribution in [0.4, 0.5) is 11.4 Å². The van der Waals surface area contributed by atoms with Gasteiger partial charge in [0.1, 0.15) is 11.4 Å². The Kier molecular flexibility index (Phi) is 7.44. The van der Waals surface area contributed by atoms with Gasteiger partial charge in [0.15, 0.2) is 0 Å². The molecule has 10 heteroatoms. The molecule has 1 amide bonds. The first-order valence-electron chi connectivity index (χ1n) is 10.5. The van der Waals surface area contributed by atoms with E-state index in [-0.39, 0.29) is 11.7 Å². The predicted molar refractivity (Wildman–Crippen MR) is 129 cm³/mol. The first-order valence-corrected chi connectivity index (χ1v) is 11.5. The number of terminal acetylenes is 1. The highest BCUT2D eigenvalue weighted by atomic mass is 32.2. The summed E-state index contributed by atoms with van der Waals surface area (Å²) in [5.74, 6) is 3.39. The van der Waals surface area contributed by atoms with Crippen LogP contribution in [0, 0.1) is 12.3 Å². The molecule has 0 saturated carbocycles. The highest BCUT2D eigenvalue weighted by molar-refractivity contribution is 7.99. The van der Waals surface area contributed by atoms with Gasteiger partial charge in [-0.3, -0.25) is 9.69 Å². The molecule has 1 saturated heterocycles. The molecule has 0 spiro atoms. The smallest absolute Gasteiger partial charge is 0.234 e. The summed E-state index contributed by atoms with van der Waals surface area (Å²) in [5, 5.41) is 15.2. The van der Waals surface area contributed by atoms with Crippen LogP contribution >= 0.6 is 11.8 Å². The van der Waals surface area contributed by atoms with Crippen molar-refractivity contribution in [3.8, 4) is 23.8 Å². The summed E-state index contributed by atoms with van der Waals surface area (Å²) >= 11 is 1.26. The first kappa shape index (κ1) is 22.6. The molecule has 0 bridgehead atoms. The minimum atomic E-state index is -0.134. The Morgan fingerprint density at radius 2 is 1.91 bits per heavy atom. The van der Waals surface area contributed by atoms with E-state index in [0.29, 0.717) is 23.1 Å². The molecule has 0 aliphatic carbocycles. The van der Waals surface area contributed by atoms with Crippen LogP contribution in [0.1, 0.15) is 0 Å². The van der Waals surface area contributed by atoms with Gasteiger partial charge in [0, 0.05) is 37.6 Å². The molecular weight excluding hydrogens is 438 g/mol. The lowest BCUT2D eigenvalue weighted by molar-refractivity contribution is -0.113. The minimum absolute atomic E-state index is 0.134. The summed E-state index contributed by atoms with van der Waals surface area (Å²) in [6, 6.07) is 15.3. The number of carbonyl (C=O) groups is 1. The molecule has 0 radical (unpaired) electrons. The summed E-state index contributed by atoms with van der Waals surface area (Å²) in [6.45, 7) is 4.47. The van der Waals surface area contributed by atoms with Crippen LogP contribution in [0.15, 0.2) is 53.7 Å². The Morgan fingerprint density at radius 1 is 1.15 bits per heavy atom. The third-order valence-electron chi connectivity index (χ3n) is 5.29. The van der Waals surface area contributed by atoms with Gasteiger partial charge < -0.3 is 15.0 Å². The second-order valence-corrected chi connectivity index (χ2v) is 8.34. The van der Waals surface area contributed by atoms with E-state index in [0.717, 1.165) is 37.6 Å². The average molecular weight is 464 g/mol. The number of piperazine rings is 1. The second-order valence-electron chi connectivity index (χ2n) is 7.40. The zero-order chi connectivity index (χ0) is 23.0. The molecule has 1 aliphatic heterocycles. The summed E-state index contributed by atoms with van der Waals surface area (Å²) < 4.78 is 6.94. The summed E-state index contributed by atoms with van der Waals surface area (Å²) in [7, 11) is 1.59. The van der Waals surface area contributed by atoms with Gasteiger partial charge in [-0.2, -0.15) is 4.68 Å². The van der Waals surface area contributed by atoms with E-state index < -0.39 is 0 Å². The summed E-state index contributed by atoms with van der Waals surface area (Å²) in [4.78, 5) is 17.1. The SMILES string of the molecule is C#CCN1CCN(c2ccc(NC(=O)CSc3nnnn3-c3ccccc3OC)cc2)CC1. The Balaban J connectivity index is 1.31. The monoisotopic (exact) mass is 463 g/mol. The number of hydrogen-bond donors (Lipinski definition) is 1. The van der Waals surface area contributed by atoms with E-state index in [1.54, 1.807) is 11.8 Å². The summed E-state index contributed by atoms with van der Waals surface area (Å²) in [6.07, 6.45) is 5.40. The van der Waals surface area contributed by atoms with Crippen molar-refractivity contribution in [3.63, 3.8) is 0 Å². The first-order chi connectivity index (χ1) is 16.2. The average Bonchev–Trinajstić information content (AvgIpc) is 3.32. The lowest BCUT2D eigenvalue weighted by Crippen LogP contribution is -2.46. The maximum absolute atomic E-state index is 12.5. The van der Waals surface area contributed by atoms with Gasteiger partial charge in [-0.1, -0.05) is 29.8 Å². The van der Waals surface area contributed by atoms with Gasteiger partial charge in [-0.15, -0.1) is 11.5 Å². The fraction of sp³-hybridized carbons (Fsp3) is 0.304. The van der Waals surface area contributed by atoms with Crippen LogP contribution < -0.4 is 15.0 Å². The van der Waals surface area contributed by atoms with Crippen molar-refractivity contribution in [2.45, 2.75) is 5.16 Å². The number of tetrazole rings is 1. The molecule has 1 aliphatic rings. The zero-order valence-electron chi connectivity index (χ0n) is 18.3. The number of amides is 1. The number of nitrogens with one attached hydrogen (secondary N) is 1. The van der Waals surface area contributed by atoms with E-state index in [1.165, 1.54) is 11.8 Å². The summed E-state index contributed by atoms with van der Waals surface area (Å²) in [5.41, 5.74) is 2.60. The zero-order valence-corrected chi connectivity index (χ0v) is 19.2. The number of benzene rings is 2. The number of anilines is 2. The predicted octanol–water partition coefficient (Wildman–Crippen LogP) is 2.16. The minimum Gasteiger partial charge on any atom is -0.494 e. The molecule has 170 valence electrons. The molecule has 1 aromatic heterocycles. The fourth-order valence-electron chi connectivity index (χ4n) is 3.60. The van der Waals surface area contributed by atoms with Crippen molar-refractivity contribution in [3.05, 3.63) is 48.5 Å². The van der Waals surface area contributed by atoms with Gasteiger partial charge in [-0.05, 0) is 46.8 Å². The normalized spacial score (nSPS) is 14.0. The van der Waals surface area contributed by atoms with E-state index in [9.17, 15) is 4.79 Å². The molecule has 4 rings (SSSR count). The number of methoxy groups -OCH3 is 1. The number of para-hydroxylation sites is 2. The third-order valence-corrected chi connectivity index (χ3v) is 6.21. The van der Waals surface area contributed by atoms with Crippen LogP contribution in [0.3, 0.4) is 0 Å². The van der Waals surface area contributed by atoms with E-state index in [4.69, 9.17) is 11.2 Å².